The van der Waals surface area contributed by atoms with Crippen molar-refractivity contribution < 1.29 is 0 Å². The van der Waals surface area contributed by atoms with Crippen molar-refractivity contribution in [3.63, 3.8) is 0 Å². The molecular formula is C11H14N2. The maximum Gasteiger partial charge on any atom is 0.0477 e. The number of H-pyrrole nitrogens is 1. The Morgan fingerprint density at radius 2 is 2.00 bits per heavy atom. The van der Waals surface area contributed by atoms with Crippen LogP contribution >= 0.6 is 0 Å². The lowest BCUT2D eigenvalue weighted by Gasteiger charge is -2.05. The van der Waals surface area contributed by atoms with Crippen LogP contribution in [0, 0.1) is 13.8 Å². The van der Waals surface area contributed by atoms with Crippen molar-refractivity contribution in [2.75, 3.05) is 12.4 Å². The largest absolute Gasteiger partial charge is 0.387 e. The number of benzene rings is 1. The highest BCUT2D eigenvalue weighted by Crippen LogP contribution is 2.26. The second-order valence-corrected chi connectivity index (χ2v) is 3.42. The molecule has 0 bridgehead atoms. The standard InChI is InChI=1S/C11H14N2/c1-7-4-5-10-9(11(7)12-3)6-8(2)13-10/h4-6,12-13H,1-3H3. The van der Waals surface area contributed by atoms with Crippen LogP contribution in [0.2, 0.25) is 0 Å². The maximum absolute atomic E-state index is 3.32. The van der Waals surface area contributed by atoms with Crippen molar-refractivity contribution in [3.8, 4) is 0 Å². The molecule has 0 aliphatic heterocycles. The lowest BCUT2D eigenvalue weighted by atomic mass is 10.1. The highest BCUT2D eigenvalue weighted by Gasteiger charge is 2.04. The molecule has 0 amide bonds. The smallest absolute Gasteiger partial charge is 0.0477 e. The molecule has 0 aliphatic carbocycles. The van der Waals surface area contributed by atoms with Gasteiger partial charge in [-0.1, -0.05) is 6.07 Å². The van der Waals surface area contributed by atoms with Gasteiger partial charge < -0.3 is 10.3 Å². The van der Waals surface area contributed by atoms with Crippen molar-refractivity contribution in [1.29, 1.82) is 0 Å². The van der Waals surface area contributed by atoms with E-state index in [0.717, 1.165) is 0 Å². The third-order valence-corrected chi connectivity index (χ3v) is 2.40. The summed E-state index contributed by atoms with van der Waals surface area (Å²) in [6.45, 7) is 4.20. The summed E-state index contributed by atoms with van der Waals surface area (Å²) in [5.41, 5.74) is 4.92. The first kappa shape index (κ1) is 8.17. The minimum absolute atomic E-state index is 1.20. The molecule has 1 heterocycles. The Morgan fingerprint density at radius 3 is 2.69 bits per heavy atom. The van der Waals surface area contributed by atoms with Gasteiger partial charge in [-0.25, -0.2) is 0 Å². The van der Waals surface area contributed by atoms with E-state index in [0.29, 0.717) is 0 Å². The van der Waals surface area contributed by atoms with Gasteiger partial charge in [0.2, 0.25) is 0 Å². The molecule has 2 rings (SSSR count). The molecule has 0 fully saturated rings. The van der Waals surface area contributed by atoms with E-state index in [2.05, 4.69) is 42.3 Å². The molecule has 0 radical (unpaired) electrons. The van der Waals surface area contributed by atoms with Crippen LogP contribution in [0.5, 0.6) is 0 Å². The van der Waals surface area contributed by atoms with E-state index in [9.17, 15) is 0 Å². The van der Waals surface area contributed by atoms with Crippen molar-refractivity contribution in [2.24, 2.45) is 0 Å². The second-order valence-electron chi connectivity index (χ2n) is 3.42. The quantitative estimate of drug-likeness (QED) is 0.683. The molecule has 0 aliphatic rings. The van der Waals surface area contributed by atoms with E-state index < -0.39 is 0 Å². The lowest BCUT2D eigenvalue weighted by molar-refractivity contribution is 1.30. The average molecular weight is 174 g/mol. The van der Waals surface area contributed by atoms with Gasteiger partial charge in [0.15, 0.2) is 0 Å². The number of hydrogen-bond acceptors (Lipinski definition) is 1. The summed E-state index contributed by atoms with van der Waals surface area (Å²) in [7, 11) is 1.96. The molecule has 1 aromatic heterocycles. The zero-order chi connectivity index (χ0) is 9.42. The summed E-state index contributed by atoms with van der Waals surface area (Å²) in [6.07, 6.45) is 0. The van der Waals surface area contributed by atoms with Gasteiger partial charge in [0.25, 0.3) is 0 Å². The Morgan fingerprint density at radius 1 is 1.23 bits per heavy atom. The summed E-state index contributed by atoms with van der Waals surface area (Å²) in [5, 5.41) is 4.51. The molecule has 2 heteroatoms. The Hall–Kier alpha value is -1.44. The minimum atomic E-state index is 1.20. The highest BCUT2D eigenvalue weighted by atomic mass is 14.8. The van der Waals surface area contributed by atoms with E-state index >= 15 is 0 Å². The fraction of sp³-hybridized carbons (Fsp3) is 0.273. The molecule has 2 nitrogen and oxygen atoms in total. The van der Waals surface area contributed by atoms with Crippen LogP contribution in [0.25, 0.3) is 10.9 Å². The molecule has 0 atom stereocenters. The average Bonchev–Trinajstić information content (AvgIpc) is 2.45. The highest BCUT2D eigenvalue weighted by molar-refractivity contribution is 5.94. The summed E-state index contributed by atoms with van der Waals surface area (Å²) in [6, 6.07) is 6.43. The fourth-order valence-electron chi connectivity index (χ4n) is 1.78. The topological polar surface area (TPSA) is 27.8 Å². The van der Waals surface area contributed by atoms with Crippen molar-refractivity contribution in [3.05, 3.63) is 29.5 Å². The van der Waals surface area contributed by atoms with Crippen LogP contribution < -0.4 is 5.32 Å². The van der Waals surface area contributed by atoms with Crippen molar-refractivity contribution in [1.82, 2.24) is 4.98 Å². The van der Waals surface area contributed by atoms with E-state index in [4.69, 9.17) is 0 Å². The van der Waals surface area contributed by atoms with Crippen LogP contribution in [0.3, 0.4) is 0 Å². The summed E-state index contributed by atoms with van der Waals surface area (Å²) >= 11 is 0. The number of hydrogen-bond donors (Lipinski definition) is 2. The summed E-state index contributed by atoms with van der Waals surface area (Å²) < 4.78 is 0. The van der Waals surface area contributed by atoms with Crippen molar-refractivity contribution in [2.45, 2.75) is 13.8 Å². The summed E-state index contributed by atoms with van der Waals surface area (Å²) in [4.78, 5) is 3.32. The minimum Gasteiger partial charge on any atom is -0.387 e. The maximum atomic E-state index is 3.32. The number of aromatic amines is 1. The number of aromatic nitrogens is 1. The van der Waals surface area contributed by atoms with Crippen LogP contribution in [0.15, 0.2) is 18.2 Å². The molecule has 2 aromatic rings. The normalized spacial score (nSPS) is 10.7. The van der Waals surface area contributed by atoms with Gasteiger partial charge in [-0.3, -0.25) is 0 Å². The van der Waals surface area contributed by atoms with Gasteiger partial charge in [-0.2, -0.15) is 0 Å². The van der Waals surface area contributed by atoms with E-state index in [1.54, 1.807) is 0 Å². The number of nitrogens with one attached hydrogen (secondary N) is 2. The Kier molecular flexibility index (Phi) is 1.76. The zero-order valence-corrected chi connectivity index (χ0v) is 8.23. The molecule has 68 valence electrons. The van der Waals surface area contributed by atoms with E-state index in [-0.39, 0.29) is 0 Å². The monoisotopic (exact) mass is 174 g/mol. The van der Waals surface area contributed by atoms with Gasteiger partial charge in [0.05, 0.1) is 0 Å². The first-order valence-electron chi connectivity index (χ1n) is 4.49. The molecule has 2 N–H and O–H groups in total. The first-order valence-corrected chi connectivity index (χ1v) is 4.49. The number of fused-ring (bicyclic) bond motifs is 1. The number of aryl methyl sites for hydroxylation is 2. The molecule has 0 saturated carbocycles. The third kappa shape index (κ3) is 1.18. The summed E-state index contributed by atoms with van der Waals surface area (Å²) in [5.74, 6) is 0. The molecule has 0 saturated heterocycles. The van der Waals surface area contributed by atoms with Gasteiger partial charge in [-0.05, 0) is 31.5 Å². The Balaban J connectivity index is 2.82. The number of rotatable bonds is 1. The van der Waals surface area contributed by atoms with E-state index in [1.807, 2.05) is 7.05 Å². The molecule has 0 spiro atoms. The zero-order valence-electron chi connectivity index (χ0n) is 8.23. The predicted octanol–water partition coefficient (Wildman–Crippen LogP) is 2.83. The van der Waals surface area contributed by atoms with Crippen molar-refractivity contribution >= 4 is 16.6 Å². The molecular weight excluding hydrogens is 160 g/mol. The first-order chi connectivity index (χ1) is 6.22. The number of anilines is 1. The fourth-order valence-corrected chi connectivity index (χ4v) is 1.78. The lowest BCUT2D eigenvalue weighted by Crippen LogP contribution is -1.91. The Labute approximate surface area is 78.0 Å². The molecule has 13 heavy (non-hydrogen) atoms. The van der Waals surface area contributed by atoms with Crippen LogP contribution in [-0.4, -0.2) is 12.0 Å². The molecule has 1 aromatic carbocycles. The van der Waals surface area contributed by atoms with Gasteiger partial charge in [0.1, 0.15) is 0 Å². The third-order valence-electron chi connectivity index (χ3n) is 2.40. The SMILES string of the molecule is CNc1c(C)ccc2[nH]c(C)cc12. The van der Waals surface area contributed by atoms with E-state index in [1.165, 1.54) is 27.8 Å². The van der Waals surface area contributed by atoms with Gasteiger partial charge in [-0.15, -0.1) is 0 Å². The van der Waals surface area contributed by atoms with Gasteiger partial charge in [0, 0.05) is 29.3 Å². The van der Waals surface area contributed by atoms with Crippen LogP contribution in [0.4, 0.5) is 5.69 Å². The van der Waals surface area contributed by atoms with Crippen LogP contribution in [-0.2, 0) is 0 Å². The molecule has 0 unspecified atom stereocenters. The Bertz CT molecular complexity index is 441. The second kappa shape index (κ2) is 2.80. The van der Waals surface area contributed by atoms with Gasteiger partial charge >= 0.3 is 0 Å². The van der Waals surface area contributed by atoms with Crippen LogP contribution in [0.1, 0.15) is 11.3 Å². The predicted molar refractivity (Wildman–Crippen MR) is 57.3 cm³/mol.